The molecule has 0 fully saturated rings. The fourth-order valence-corrected chi connectivity index (χ4v) is 2.41. The number of hydrogen-bond donors (Lipinski definition) is 1. The topological polar surface area (TPSA) is 72.2 Å². The molecule has 3 aromatic rings. The number of anilines is 1. The van der Waals surface area contributed by atoms with E-state index >= 15 is 0 Å². The zero-order chi connectivity index (χ0) is 14.7. The molecule has 6 nitrogen and oxygen atoms in total. The van der Waals surface area contributed by atoms with E-state index < -0.39 is 5.82 Å². The molecule has 0 bridgehead atoms. The number of halogens is 1. The monoisotopic (exact) mass is 303 g/mol. The first-order valence-corrected chi connectivity index (χ1v) is 7.05. The minimum atomic E-state index is -0.465. The lowest BCUT2D eigenvalue weighted by Gasteiger charge is -2.05. The van der Waals surface area contributed by atoms with Crippen molar-refractivity contribution in [2.45, 2.75) is 5.16 Å². The van der Waals surface area contributed by atoms with Crippen molar-refractivity contribution < 1.29 is 9.18 Å². The molecule has 0 aliphatic rings. The van der Waals surface area contributed by atoms with Crippen molar-refractivity contribution >= 4 is 29.1 Å². The SMILES string of the molecule is O=C(CSc1nnc2ncccn12)Nc1ccccc1F. The van der Waals surface area contributed by atoms with Crippen molar-refractivity contribution in [3.63, 3.8) is 0 Å². The summed E-state index contributed by atoms with van der Waals surface area (Å²) in [5.41, 5.74) is 0.163. The highest BCUT2D eigenvalue weighted by atomic mass is 32.2. The van der Waals surface area contributed by atoms with Crippen LogP contribution in [0.15, 0.2) is 47.9 Å². The molecular formula is C13H10FN5OS. The van der Waals surface area contributed by atoms with Gasteiger partial charge >= 0.3 is 0 Å². The van der Waals surface area contributed by atoms with E-state index in [1.54, 1.807) is 35.0 Å². The maximum atomic E-state index is 13.4. The molecule has 2 aromatic heterocycles. The summed E-state index contributed by atoms with van der Waals surface area (Å²) in [5, 5.41) is 10.9. The van der Waals surface area contributed by atoms with E-state index in [9.17, 15) is 9.18 Å². The van der Waals surface area contributed by atoms with Gasteiger partial charge in [0.15, 0.2) is 5.16 Å². The van der Waals surface area contributed by atoms with E-state index in [-0.39, 0.29) is 17.3 Å². The second-order valence-electron chi connectivity index (χ2n) is 4.09. The van der Waals surface area contributed by atoms with E-state index in [2.05, 4.69) is 20.5 Å². The van der Waals surface area contributed by atoms with Crippen molar-refractivity contribution in [3.8, 4) is 0 Å². The third kappa shape index (κ3) is 3.00. The molecule has 0 radical (unpaired) electrons. The number of carbonyl (C=O) groups is 1. The number of carbonyl (C=O) groups excluding carboxylic acids is 1. The van der Waals surface area contributed by atoms with Gasteiger partial charge in [0, 0.05) is 12.4 Å². The lowest BCUT2D eigenvalue weighted by molar-refractivity contribution is -0.113. The second-order valence-corrected chi connectivity index (χ2v) is 5.03. The Labute approximate surface area is 123 Å². The maximum Gasteiger partial charge on any atom is 0.255 e. The van der Waals surface area contributed by atoms with Gasteiger partial charge in [0.2, 0.25) is 5.91 Å². The van der Waals surface area contributed by atoms with Crippen LogP contribution in [0.2, 0.25) is 0 Å². The fraction of sp³-hybridized carbons (Fsp3) is 0.0769. The molecule has 1 aromatic carbocycles. The first-order valence-electron chi connectivity index (χ1n) is 6.07. The number of nitrogens with zero attached hydrogens (tertiary/aromatic N) is 4. The Morgan fingerprint density at radius 3 is 3.00 bits per heavy atom. The number of para-hydroxylation sites is 1. The highest BCUT2D eigenvalue weighted by Gasteiger charge is 2.10. The van der Waals surface area contributed by atoms with E-state index in [1.807, 2.05) is 0 Å². The quantitative estimate of drug-likeness (QED) is 0.746. The smallest absolute Gasteiger partial charge is 0.255 e. The number of fused-ring (bicyclic) bond motifs is 1. The van der Waals surface area contributed by atoms with Crippen LogP contribution in [-0.4, -0.2) is 31.2 Å². The fourth-order valence-electron chi connectivity index (χ4n) is 1.70. The number of hydrogen-bond acceptors (Lipinski definition) is 5. The first kappa shape index (κ1) is 13.5. The average Bonchev–Trinajstić information content (AvgIpc) is 2.91. The van der Waals surface area contributed by atoms with Crippen molar-refractivity contribution in [2.24, 2.45) is 0 Å². The number of rotatable bonds is 4. The Balaban J connectivity index is 1.65. The minimum Gasteiger partial charge on any atom is -0.323 e. The van der Waals surface area contributed by atoms with Gasteiger partial charge in [0.1, 0.15) is 5.82 Å². The third-order valence-corrected chi connectivity index (χ3v) is 3.58. The van der Waals surface area contributed by atoms with Crippen molar-refractivity contribution in [2.75, 3.05) is 11.1 Å². The molecule has 0 atom stereocenters. The normalized spacial score (nSPS) is 10.7. The van der Waals surface area contributed by atoms with Crippen LogP contribution in [0.4, 0.5) is 10.1 Å². The van der Waals surface area contributed by atoms with Gasteiger partial charge in [-0.05, 0) is 18.2 Å². The Morgan fingerprint density at radius 1 is 1.29 bits per heavy atom. The number of nitrogens with one attached hydrogen (secondary N) is 1. The highest BCUT2D eigenvalue weighted by molar-refractivity contribution is 7.99. The largest absolute Gasteiger partial charge is 0.323 e. The molecule has 0 unspecified atom stereocenters. The van der Waals surface area contributed by atoms with Crippen LogP contribution in [0, 0.1) is 5.82 Å². The van der Waals surface area contributed by atoms with Gasteiger partial charge in [0.05, 0.1) is 11.4 Å². The number of aromatic nitrogens is 4. The lowest BCUT2D eigenvalue weighted by Crippen LogP contribution is -2.15. The molecule has 3 rings (SSSR count). The molecule has 1 N–H and O–H groups in total. The molecule has 0 aliphatic carbocycles. The van der Waals surface area contributed by atoms with Gasteiger partial charge in [0.25, 0.3) is 5.78 Å². The van der Waals surface area contributed by atoms with Crippen LogP contribution >= 0.6 is 11.8 Å². The average molecular weight is 303 g/mol. The zero-order valence-corrected chi connectivity index (χ0v) is 11.5. The van der Waals surface area contributed by atoms with Gasteiger partial charge in [-0.2, -0.15) is 0 Å². The summed E-state index contributed by atoms with van der Waals surface area (Å²) < 4.78 is 15.1. The molecule has 8 heteroatoms. The summed E-state index contributed by atoms with van der Waals surface area (Å²) in [7, 11) is 0. The van der Waals surface area contributed by atoms with Gasteiger partial charge in [-0.25, -0.2) is 9.37 Å². The summed E-state index contributed by atoms with van der Waals surface area (Å²) in [4.78, 5) is 15.9. The molecule has 0 saturated heterocycles. The minimum absolute atomic E-state index is 0.101. The zero-order valence-electron chi connectivity index (χ0n) is 10.7. The third-order valence-electron chi connectivity index (χ3n) is 2.64. The summed E-state index contributed by atoms with van der Waals surface area (Å²) in [6, 6.07) is 7.77. The molecule has 2 heterocycles. The molecule has 106 valence electrons. The number of thioether (sulfide) groups is 1. The van der Waals surface area contributed by atoms with Gasteiger partial charge in [-0.3, -0.25) is 9.20 Å². The highest BCUT2D eigenvalue weighted by Crippen LogP contribution is 2.17. The lowest BCUT2D eigenvalue weighted by atomic mass is 10.3. The molecular weight excluding hydrogens is 293 g/mol. The summed E-state index contributed by atoms with van der Waals surface area (Å²) >= 11 is 1.20. The first-order chi connectivity index (χ1) is 10.2. The summed E-state index contributed by atoms with van der Waals surface area (Å²) in [6.07, 6.45) is 3.38. The number of amides is 1. The predicted molar refractivity (Wildman–Crippen MR) is 76.5 cm³/mol. The predicted octanol–water partition coefficient (Wildman–Crippen LogP) is 1.99. The van der Waals surface area contributed by atoms with Crippen LogP contribution in [0.5, 0.6) is 0 Å². The maximum absolute atomic E-state index is 13.4. The number of benzene rings is 1. The van der Waals surface area contributed by atoms with Crippen molar-refractivity contribution in [1.29, 1.82) is 0 Å². The van der Waals surface area contributed by atoms with Crippen molar-refractivity contribution in [1.82, 2.24) is 19.6 Å². The molecule has 0 saturated carbocycles. The Kier molecular flexibility index (Phi) is 3.78. The second kappa shape index (κ2) is 5.88. The van der Waals surface area contributed by atoms with Gasteiger partial charge < -0.3 is 5.32 Å². The van der Waals surface area contributed by atoms with E-state index in [0.717, 1.165) is 0 Å². The van der Waals surface area contributed by atoms with Crippen LogP contribution in [0.3, 0.4) is 0 Å². The van der Waals surface area contributed by atoms with Crippen molar-refractivity contribution in [3.05, 3.63) is 48.5 Å². The molecule has 0 aliphatic heterocycles. The summed E-state index contributed by atoms with van der Waals surface area (Å²) in [6.45, 7) is 0. The van der Waals surface area contributed by atoms with Gasteiger partial charge in [-0.15, -0.1) is 10.2 Å². The summed E-state index contributed by atoms with van der Waals surface area (Å²) in [5.74, 6) is -0.211. The van der Waals surface area contributed by atoms with E-state index in [1.165, 1.54) is 23.9 Å². The van der Waals surface area contributed by atoms with E-state index in [4.69, 9.17) is 0 Å². The van der Waals surface area contributed by atoms with Crippen LogP contribution in [0.1, 0.15) is 0 Å². The Bertz CT molecular complexity index is 791. The van der Waals surface area contributed by atoms with Crippen LogP contribution in [-0.2, 0) is 4.79 Å². The van der Waals surface area contributed by atoms with Crippen LogP contribution < -0.4 is 5.32 Å². The molecule has 0 spiro atoms. The van der Waals surface area contributed by atoms with Crippen LogP contribution in [0.25, 0.3) is 5.78 Å². The standard InChI is InChI=1S/C13H10FN5OS/c14-9-4-1-2-5-10(9)16-11(20)8-21-13-18-17-12-15-6-3-7-19(12)13/h1-7H,8H2,(H,16,20). The van der Waals surface area contributed by atoms with E-state index in [0.29, 0.717) is 10.9 Å². The Hall–Kier alpha value is -2.48. The van der Waals surface area contributed by atoms with Gasteiger partial charge in [-0.1, -0.05) is 23.9 Å². The molecule has 1 amide bonds. The molecule has 21 heavy (non-hydrogen) atoms. The Morgan fingerprint density at radius 2 is 2.14 bits per heavy atom.